The lowest BCUT2D eigenvalue weighted by atomic mass is 10.2. The largest absolute Gasteiger partial charge is 0.480 e. The molecule has 0 spiro atoms. The molecule has 0 aromatic heterocycles. The first-order valence-corrected chi connectivity index (χ1v) is 10.7. The average Bonchev–Trinajstić information content (AvgIpc) is 2.69. The standard InChI is InChI=1S/C12H21NO5.C11H19NO5/c1-6-7-17-8-9(10(14)16-5)13-11(15)18-12(2,3)4;1-5-6-16-7-8(9(13)14)12-10(15)17-11(2,3)4/h6,9H,1,7-8H2,2-5H3,(H,13,15);5,8H,1,6-7H2,2-4H3,(H,12,15)(H,13,14)/t9-;8-/m00/s1. The molecule has 12 nitrogen and oxygen atoms in total. The summed E-state index contributed by atoms with van der Waals surface area (Å²) in [6.07, 6.45) is 1.56. The molecule has 202 valence electrons. The van der Waals surface area contributed by atoms with Crippen molar-refractivity contribution >= 4 is 24.1 Å². The minimum absolute atomic E-state index is 0.00205. The summed E-state index contributed by atoms with van der Waals surface area (Å²) in [7, 11) is 1.24. The topological polar surface area (TPSA) is 159 Å². The number of hydrogen-bond acceptors (Lipinski definition) is 9. The minimum atomic E-state index is -1.18. The predicted octanol–water partition coefficient (Wildman–Crippen LogP) is 2.42. The maximum Gasteiger partial charge on any atom is 0.408 e. The number of carbonyl (C=O) groups is 4. The Hall–Kier alpha value is -3.12. The number of esters is 1. The first kappa shape index (κ1) is 34.0. The second-order valence-electron chi connectivity index (χ2n) is 8.91. The number of carboxylic acids is 1. The number of alkyl carbamates (subject to hydrolysis) is 2. The maximum absolute atomic E-state index is 11.5. The highest BCUT2D eigenvalue weighted by molar-refractivity contribution is 5.81. The van der Waals surface area contributed by atoms with Crippen molar-refractivity contribution in [3.63, 3.8) is 0 Å². The smallest absolute Gasteiger partial charge is 0.408 e. The molecular formula is C23H40N2O10. The third-order valence-electron chi connectivity index (χ3n) is 3.21. The molecule has 0 aliphatic heterocycles. The number of amides is 2. The van der Waals surface area contributed by atoms with Gasteiger partial charge in [-0.3, -0.25) is 0 Å². The van der Waals surface area contributed by atoms with Gasteiger partial charge < -0.3 is 39.4 Å². The molecule has 0 aromatic rings. The zero-order valence-corrected chi connectivity index (χ0v) is 21.7. The lowest BCUT2D eigenvalue weighted by Gasteiger charge is -2.22. The van der Waals surface area contributed by atoms with Crippen LogP contribution in [-0.4, -0.2) is 86.1 Å². The fourth-order valence-corrected chi connectivity index (χ4v) is 1.92. The Morgan fingerprint density at radius 3 is 1.49 bits per heavy atom. The van der Waals surface area contributed by atoms with Gasteiger partial charge in [-0.1, -0.05) is 12.2 Å². The highest BCUT2D eigenvalue weighted by Crippen LogP contribution is 2.07. The fraction of sp³-hybridized carbons (Fsp3) is 0.652. The van der Waals surface area contributed by atoms with Crippen LogP contribution in [0.4, 0.5) is 9.59 Å². The summed E-state index contributed by atoms with van der Waals surface area (Å²) in [5.74, 6) is -1.77. The number of aliphatic carboxylic acids is 1. The second-order valence-corrected chi connectivity index (χ2v) is 8.91. The molecule has 0 bridgehead atoms. The Bertz CT molecular complexity index is 695. The van der Waals surface area contributed by atoms with Gasteiger partial charge in [0, 0.05) is 0 Å². The molecular weight excluding hydrogens is 464 g/mol. The molecule has 0 rings (SSSR count). The van der Waals surface area contributed by atoms with E-state index >= 15 is 0 Å². The first-order valence-electron chi connectivity index (χ1n) is 10.7. The van der Waals surface area contributed by atoms with Gasteiger partial charge in [0.25, 0.3) is 0 Å². The number of hydrogen-bond donors (Lipinski definition) is 3. The Morgan fingerprint density at radius 2 is 1.17 bits per heavy atom. The van der Waals surface area contributed by atoms with Gasteiger partial charge in [-0.25, -0.2) is 19.2 Å². The van der Waals surface area contributed by atoms with Gasteiger partial charge in [-0.2, -0.15) is 0 Å². The van der Waals surface area contributed by atoms with Crippen LogP contribution in [0.2, 0.25) is 0 Å². The first-order chi connectivity index (χ1) is 16.1. The lowest BCUT2D eigenvalue weighted by molar-refractivity contribution is -0.144. The van der Waals surface area contributed by atoms with Crippen molar-refractivity contribution in [3.05, 3.63) is 25.3 Å². The van der Waals surface area contributed by atoms with Gasteiger partial charge in [-0.15, -0.1) is 13.2 Å². The summed E-state index contributed by atoms with van der Waals surface area (Å²) < 4.78 is 24.6. The van der Waals surface area contributed by atoms with Crippen LogP contribution < -0.4 is 10.6 Å². The van der Waals surface area contributed by atoms with E-state index in [1.165, 1.54) is 13.2 Å². The summed E-state index contributed by atoms with van der Waals surface area (Å²) in [6, 6.07) is -2.03. The minimum Gasteiger partial charge on any atom is -0.480 e. The highest BCUT2D eigenvalue weighted by Gasteiger charge is 2.25. The van der Waals surface area contributed by atoms with Gasteiger partial charge in [0.15, 0.2) is 12.1 Å². The molecule has 0 aliphatic carbocycles. The van der Waals surface area contributed by atoms with Gasteiger partial charge in [0.1, 0.15) is 11.2 Å². The van der Waals surface area contributed by atoms with E-state index in [2.05, 4.69) is 28.5 Å². The van der Waals surface area contributed by atoms with Crippen LogP contribution in [0.1, 0.15) is 41.5 Å². The second kappa shape index (κ2) is 17.3. The molecule has 2 atom stereocenters. The fourth-order valence-electron chi connectivity index (χ4n) is 1.92. The van der Waals surface area contributed by atoms with Crippen LogP contribution in [0.15, 0.2) is 25.3 Å². The van der Waals surface area contributed by atoms with Crippen molar-refractivity contribution in [3.8, 4) is 0 Å². The summed E-state index contributed by atoms with van der Waals surface area (Å²) in [4.78, 5) is 45.1. The summed E-state index contributed by atoms with van der Waals surface area (Å²) >= 11 is 0. The number of ether oxygens (including phenoxy) is 5. The average molecular weight is 505 g/mol. The van der Waals surface area contributed by atoms with Crippen LogP contribution >= 0.6 is 0 Å². The van der Waals surface area contributed by atoms with Crippen molar-refractivity contribution in [1.29, 1.82) is 0 Å². The van der Waals surface area contributed by atoms with Gasteiger partial charge in [-0.05, 0) is 41.5 Å². The number of methoxy groups -OCH3 is 1. The Balaban J connectivity index is 0. The Labute approximate surface area is 207 Å². The van der Waals surface area contributed by atoms with Crippen LogP contribution in [-0.2, 0) is 33.3 Å². The molecule has 2 amide bonds. The third-order valence-corrected chi connectivity index (χ3v) is 3.21. The number of carboxylic acid groups (broad SMARTS) is 1. The zero-order chi connectivity index (χ0) is 27.7. The van der Waals surface area contributed by atoms with Crippen molar-refractivity contribution in [2.24, 2.45) is 0 Å². The number of nitrogens with one attached hydrogen (secondary N) is 2. The molecule has 3 N–H and O–H groups in total. The van der Waals surface area contributed by atoms with E-state index in [0.29, 0.717) is 0 Å². The molecule has 35 heavy (non-hydrogen) atoms. The van der Waals surface area contributed by atoms with E-state index in [-0.39, 0.29) is 26.4 Å². The summed E-state index contributed by atoms with van der Waals surface area (Å²) in [5.41, 5.74) is -1.30. The molecule has 0 aromatic carbocycles. The van der Waals surface area contributed by atoms with E-state index in [1.807, 2.05) is 0 Å². The monoisotopic (exact) mass is 504 g/mol. The molecule has 0 unspecified atom stereocenters. The number of rotatable bonds is 12. The third kappa shape index (κ3) is 21.2. The van der Waals surface area contributed by atoms with E-state index in [0.717, 1.165) is 0 Å². The van der Waals surface area contributed by atoms with E-state index < -0.39 is 47.4 Å². The van der Waals surface area contributed by atoms with Crippen molar-refractivity contribution in [1.82, 2.24) is 10.6 Å². The molecule has 0 saturated heterocycles. The maximum atomic E-state index is 11.5. The molecule has 12 heteroatoms. The zero-order valence-electron chi connectivity index (χ0n) is 21.7. The molecule has 0 saturated carbocycles. The van der Waals surface area contributed by atoms with Crippen LogP contribution in [0.5, 0.6) is 0 Å². The van der Waals surface area contributed by atoms with E-state index in [4.69, 9.17) is 24.1 Å². The lowest BCUT2D eigenvalue weighted by Crippen LogP contribution is -2.46. The predicted molar refractivity (Wildman–Crippen MR) is 128 cm³/mol. The summed E-state index contributed by atoms with van der Waals surface area (Å²) in [5, 5.41) is 13.4. The molecule has 0 heterocycles. The number of carbonyl (C=O) groups excluding carboxylic acids is 3. The van der Waals surface area contributed by atoms with Crippen LogP contribution in [0.25, 0.3) is 0 Å². The van der Waals surface area contributed by atoms with Gasteiger partial charge in [0.05, 0.1) is 33.5 Å². The van der Waals surface area contributed by atoms with Crippen molar-refractivity contribution in [2.75, 3.05) is 33.5 Å². The van der Waals surface area contributed by atoms with Gasteiger partial charge >= 0.3 is 24.1 Å². The SMILES string of the molecule is C=CCOC[C@H](NC(=O)OC(C)(C)C)C(=O)O.C=CCOC[C@H](NC(=O)OC(C)(C)C)C(=O)OC. The Morgan fingerprint density at radius 1 is 0.800 bits per heavy atom. The van der Waals surface area contributed by atoms with Crippen LogP contribution in [0.3, 0.4) is 0 Å². The van der Waals surface area contributed by atoms with E-state index in [1.54, 1.807) is 47.6 Å². The van der Waals surface area contributed by atoms with Crippen molar-refractivity contribution in [2.45, 2.75) is 64.8 Å². The highest BCUT2D eigenvalue weighted by atomic mass is 16.6. The Kier molecular flexibility index (Phi) is 16.9. The van der Waals surface area contributed by atoms with Crippen molar-refractivity contribution < 1.29 is 48.0 Å². The quantitative estimate of drug-likeness (QED) is 0.156. The normalized spacial score (nSPS) is 12.5. The van der Waals surface area contributed by atoms with E-state index in [9.17, 15) is 19.2 Å². The van der Waals surface area contributed by atoms with Crippen LogP contribution in [0, 0.1) is 0 Å². The molecule has 0 aliphatic rings. The molecule has 0 fully saturated rings. The van der Waals surface area contributed by atoms with Gasteiger partial charge in [0.2, 0.25) is 0 Å². The molecule has 0 radical (unpaired) electrons. The summed E-state index contributed by atoms with van der Waals surface area (Å²) in [6.45, 7) is 17.5.